The lowest BCUT2D eigenvalue weighted by Gasteiger charge is -2.28. The summed E-state index contributed by atoms with van der Waals surface area (Å²) in [5.74, 6) is 0.748. The molecule has 0 radical (unpaired) electrons. The predicted molar refractivity (Wildman–Crippen MR) is 66.0 cm³/mol. The van der Waals surface area contributed by atoms with Gasteiger partial charge in [-0.25, -0.2) is 0 Å². The molecule has 0 rings (SSSR count). The van der Waals surface area contributed by atoms with Gasteiger partial charge in [0.25, 0.3) is 0 Å². The Bertz CT molecular complexity index is 151. The Balaban J connectivity index is 3.74. The summed E-state index contributed by atoms with van der Waals surface area (Å²) >= 11 is 0. The van der Waals surface area contributed by atoms with Crippen molar-refractivity contribution in [1.29, 1.82) is 0 Å². The molecule has 0 saturated carbocycles. The Kier molecular flexibility index (Phi) is 8.02. The fraction of sp³-hybridized carbons (Fsp3) is 1.00. The zero-order valence-electron chi connectivity index (χ0n) is 11.0. The van der Waals surface area contributed by atoms with E-state index in [9.17, 15) is 0 Å². The highest BCUT2D eigenvalue weighted by Crippen LogP contribution is 2.09. The zero-order chi connectivity index (χ0) is 11.8. The molecule has 0 heterocycles. The summed E-state index contributed by atoms with van der Waals surface area (Å²) in [4.78, 5) is 2.35. The van der Waals surface area contributed by atoms with E-state index >= 15 is 0 Å². The lowest BCUT2D eigenvalue weighted by atomic mass is 10.0. The van der Waals surface area contributed by atoms with Gasteiger partial charge in [0, 0.05) is 32.3 Å². The van der Waals surface area contributed by atoms with E-state index in [1.54, 1.807) is 7.11 Å². The quantitative estimate of drug-likeness (QED) is 0.671. The van der Waals surface area contributed by atoms with E-state index in [-0.39, 0.29) is 6.04 Å². The van der Waals surface area contributed by atoms with Crippen LogP contribution in [0.1, 0.15) is 33.6 Å². The smallest absolute Gasteiger partial charge is 0.0477 e. The first kappa shape index (κ1) is 14.9. The third-order valence-corrected chi connectivity index (χ3v) is 2.78. The van der Waals surface area contributed by atoms with Gasteiger partial charge >= 0.3 is 0 Å². The number of nitrogens with two attached hydrogens (primary N) is 1. The molecule has 0 aliphatic heterocycles. The lowest BCUT2D eigenvalue weighted by molar-refractivity contribution is 0.167. The molecule has 2 atom stereocenters. The summed E-state index contributed by atoms with van der Waals surface area (Å²) in [7, 11) is 3.87. The fourth-order valence-electron chi connectivity index (χ4n) is 1.77. The van der Waals surface area contributed by atoms with Gasteiger partial charge in [0.2, 0.25) is 0 Å². The number of methoxy groups -OCH3 is 1. The average Bonchev–Trinajstić information content (AvgIpc) is 2.13. The van der Waals surface area contributed by atoms with Gasteiger partial charge in [0.05, 0.1) is 0 Å². The van der Waals surface area contributed by atoms with Gasteiger partial charge in [-0.3, -0.25) is 0 Å². The van der Waals surface area contributed by atoms with Gasteiger partial charge < -0.3 is 15.4 Å². The zero-order valence-corrected chi connectivity index (χ0v) is 11.0. The number of likely N-dealkylation sites (N-methyl/N-ethyl adjacent to an activating group) is 1. The van der Waals surface area contributed by atoms with Crippen LogP contribution in [0.15, 0.2) is 0 Å². The van der Waals surface area contributed by atoms with Crippen molar-refractivity contribution in [3.05, 3.63) is 0 Å². The molecule has 0 bridgehead atoms. The van der Waals surface area contributed by atoms with E-state index in [1.807, 2.05) is 0 Å². The Labute approximate surface area is 95.0 Å². The van der Waals surface area contributed by atoms with Gasteiger partial charge in [-0.15, -0.1) is 0 Å². The Morgan fingerprint density at radius 2 is 1.87 bits per heavy atom. The Morgan fingerprint density at radius 1 is 1.27 bits per heavy atom. The molecule has 0 aromatic rings. The molecule has 0 aliphatic carbocycles. The summed E-state index contributed by atoms with van der Waals surface area (Å²) in [6.45, 7) is 8.50. The van der Waals surface area contributed by atoms with Crippen molar-refractivity contribution in [1.82, 2.24) is 4.90 Å². The first-order valence-electron chi connectivity index (χ1n) is 5.92. The third-order valence-electron chi connectivity index (χ3n) is 2.78. The molecule has 92 valence electrons. The van der Waals surface area contributed by atoms with Crippen LogP contribution in [0.2, 0.25) is 0 Å². The Morgan fingerprint density at radius 3 is 2.33 bits per heavy atom. The van der Waals surface area contributed by atoms with E-state index in [0.717, 1.165) is 25.5 Å². The van der Waals surface area contributed by atoms with Crippen molar-refractivity contribution in [3.63, 3.8) is 0 Å². The van der Waals surface area contributed by atoms with Crippen LogP contribution < -0.4 is 5.73 Å². The van der Waals surface area contributed by atoms with Crippen molar-refractivity contribution in [3.8, 4) is 0 Å². The molecule has 0 spiro atoms. The summed E-state index contributed by atoms with van der Waals surface area (Å²) in [6, 6.07) is 0.836. The second-order valence-electron chi connectivity index (χ2n) is 4.96. The molecule has 0 amide bonds. The van der Waals surface area contributed by atoms with E-state index in [2.05, 4.69) is 32.7 Å². The van der Waals surface area contributed by atoms with Gasteiger partial charge in [-0.05, 0) is 32.7 Å². The minimum atomic E-state index is 0.226. The molecule has 0 aliphatic rings. The normalized spacial score (nSPS) is 16.0. The van der Waals surface area contributed by atoms with Crippen molar-refractivity contribution >= 4 is 0 Å². The van der Waals surface area contributed by atoms with E-state index in [1.165, 1.54) is 6.42 Å². The maximum atomic E-state index is 6.01. The molecular formula is C12H28N2O. The monoisotopic (exact) mass is 216 g/mol. The van der Waals surface area contributed by atoms with Crippen molar-refractivity contribution in [2.75, 3.05) is 27.3 Å². The largest absolute Gasteiger partial charge is 0.385 e. The van der Waals surface area contributed by atoms with Crippen LogP contribution in [0.4, 0.5) is 0 Å². The standard InChI is InChI=1S/C12H28N2O/c1-10(2)8-11(3)14(4)9-12(13)6-7-15-5/h10-12H,6-9,13H2,1-5H3. The minimum absolute atomic E-state index is 0.226. The third kappa shape index (κ3) is 7.77. The molecule has 2 unspecified atom stereocenters. The number of ether oxygens (including phenoxy) is 1. The van der Waals surface area contributed by atoms with Gasteiger partial charge in [-0.1, -0.05) is 13.8 Å². The molecule has 3 nitrogen and oxygen atoms in total. The molecule has 0 fully saturated rings. The summed E-state index contributed by atoms with van der Waals surface area (Å²) in [5, 5.41) is 0. The summed E-state index contributed by atoms with van der Waals surface area (Å²) < 4.78 is 5.02. The van der Waals surface area contributed by atoms with Crippen LogP contribution in [0.25, 0.3) is 0 Å². The molecule has 0 aromatic carbocycles. The molecule has 15 heavy (non-hydrogen) atoms. The minimum Gasteiger partial charge on any atom is -0.385 e. The summed E-state index contributed by atoms with van der Waals surface area (Å²) in [6.07, 6.45) is 2.17. The van der Waals surface area contributed by atoms with Gasteiger partial charge in [-0.2, -0.15) is 0 Å². The molecule has 0 saturated heterocycles. The average molecular weight is 216 g/mol. The van der Waals surface area contributed by atoms with Crippen LogP contribution in [-0.2, 0) is 4.74 Å². The second-order valence-corrected chi connectivity index (χ2v) is 4.96. The van der Waals surface area contributed by atoms with E-state index in [0.29, 0.717) is 6.04 Å². The second kappa shape index (κ2) is 8.08. The topological polar surface area (TPSA) is 38.5 Å². The van der Waals surface area contributed by atoms with Crippen molar-refractivity contribution in [2.45, 2.75) is 45.7 Å². The highest BCUT2D eigenvalue weighted by molar-refractivity contribution is 4.71. The SMILES string of the molecule is COCCC(N)CN(C)C(C)CC(C)C. The van der Waals surface area contributed by atoms with Crippen LogP contribution in [0.3, 0.4) is 0 Å². The number of nitrogens with zero attached hydrogens (tertiary/aromatic N) is 1. The van der Waals surface area contributed by atoms with Crippen LogP contribution in [0, 0.1) is 5.92 Å². The van der Waals surface area contributed by atoms with Crippen LogP contribution in [-0.4, -0.2) is 44.3 Å². The van der Waals surface area contributed by atoms with E-state index in [4.69, 9.17) is 10.5 Å². The molecular weight excluding hydrogens is 188 g/mol. The van der Waals surface area contributed by atoms with Gasteiger partial charge in [0.1, 0.15) is 0 Å². The maximum absolute atomic E-state index is 6.01. The molecule has 0 aromatic heterocycles. The van der Waals surface area contributed by atoms with Crippen molar-refractivity contribution in [2.24, 2.45) is 11.7 Å². The lowest BCUT2D eigenvalue weighted by Crippen LogP contribution is -2.40. The number of hydrogen-bond donors (Lipinski definition) is 1. The molecule has 3 heteroatoms. The highest BCUT2D eigenvalue weighted by Gasteiger charge is 2.13. The first-order valence-corrected chi connectivity index (χ1v) is 5.92. The van der Waals surface area contributed by atoms with E-state index < -0.39 is 0 Å². The summed E-state index contributed by atoms with van der Waals surface area (Å²) in [5.41, 5.74) is 6.01. The number of rotatable bonds is 8. The van der Waals surface area contributed by atoms with Gasteiger partial charge in [0.15, 0.2) is 0 Å². The van der Waals surface area contributed by atoms with Crippen LogP contribution >= 0.6 is 0 Å². The van der Waals surface area contributed by atoms with Crippen molar-refractivity contribution < 1.29 is 4.74 Å². The maximum Gasteiger partial charge on any atom is 0.0477 e. The number of hydrogen-bond acceptors (Lipinski definition) is 3. The molecule has 2 N–H and O–H groups in total. The first-order chi connectivity index (χ1) is 6.97. The van der Waals surface area contributed by atoms with Crippen LogP contribution in [0.5, 0.6) is 0 Å². The Hall–Kier alpha value is -0.120. The predicted octanol–water partition coefficient (Wildman–Crippen LogP) is 1.72. The fourth-order valence-corrected chi connectivity index (χ4v) is 1.77. The highest BCUT2D eigenvalue weighted by atomic mass is 16.5.